The van der Waals surface area contributed by atoms with Crippen molar-refractivity contribution in [1.82, 2.24) is 20.4 Å². The van der Waals surface area contributed by atoms with Crippen LogP contribution in [0.25, 0.3) is 11.5 Å². The molecule has 0 saturated carbocycles. The van der Waals surface area contributed by atoms with Gasteiger partial charge < -0.3 is 19.8 Å². The summed E-state index contributed by atoms with van der Waals surface area (Å²) in [6.07, 6.45) is 0.753. The number of aromatic nitrogens is 2. The van der Waals surface area contributed by atoms with Crippen LogP contribution in [-0.2, 0) is 6.54 Å². The lowest BCUT2D eigenvalue weighted by molar-refractivity contribution is 0.197. The van der Waals surface area contributed by atoms with E-state index in [4.69, 9.17) is 9.63 Å². The third-order valence-electron chi connectivity index (χ3n) is 3.87. The number of carbonyl (C=O) groups is 1. The summed E-state index contributed by atoms with van der Waals surface area (Å²) in [5.74, 6) is -1.69. The minimum absolute atomic E-state index is 0.0291. The Morgan fingerprint density at radius 3 is 2.83 bits per heavy atom. The van der Waals surface area contributed by atoms with Crippen LogP contribution in [0, 0.1) is 17.6 Å². The highest BCUT2D eigenvalue weighted by Gasteiger charge is 2.26. The van der Waals surface area contributed by atoms with Crippen LogP contribution < -0.4 is 5.32 Å². The fourth-order valence-corrected chi connectivity index (χ4v) is 2.56. The first-order valence-electron chi connectivity index (χ1n) is 7.49. The van der Waals surface area contributed by atoms with Gasteiger partial charge in [0.05, 0.1) is 6.54 Å². The van der Waals surface area contributed by atoms with Crippen molar-refractivity contribution in [2.24, 2.45) is 5.92 Å². The maximum Gasteiger partial charge on any atom is 0.317 e. The molecule has 1 atom stereocenters. The Hall–Kier alpha value is -2.55. The number of rotatable bonds is 4. The molecule has 0 radical (unpaired) electrons. The molecule has 0 bridgehead atoms. The van der Waals surface area contributed by atoms with Crippen molar-refractivity contribution in [2.45, 2.75) is 13.0 Å². The summed E-state index contributed by atoms with van der Waals surface area (Å²) in [5.41, 5.74) is -0.395. The second-order valence-electron chi connectivity index (χ2n) is 5.55. The number of nitrogens with zero attached hydrogens (tertiary/aromatic N) is 3. The molecule has 2 aromatic rings. The van der Waals surface area contributed by atoms with Crippen LogP contribution in [0.3, 0.4) is 0 Å². The van der Waals surface area contributed by atoms with E-state index in [0.717, 1.165) is 18.6 Å². The first-order chi connectivity index (χ1) is 11.6. The van der Waals surface area contributed by atoms with Gasteiger partial charge in [-0.1, -0.05) is 11.2 Å². The SMILES string of the molecule is O=C(NCc1noc(-c2c(F)cccc2F)n1)N1CC[C@H](CO)C1. The van der Waals surface area contributed by atoms with Crippen molar-refractivity contribution in [1.29, 1.82) is 0 Å². The molecule has 1 aromatic carbocycles. The quantitative estimate of drug-likeness (QED) is 0.882. The standard InChI is InChI=1S/C15H16F2N4O3/c16-10-2-1-3-11(17)13(10)14-19-12(20-24-14)6-18-15(23)21-5-4-9(7-21)8-22/h1-3,9,22H,4-8H2,(H,18,23)/t9-/m0/s1. The highest BCUT2D eigenvalue weighted by Crippen LogP contribution is 2.24. The van der Waals surface area contributed by atoms with Crippen LogP contribution in [0.2, 0.25) is 0 Å². The van der Waals surface area contributed by atoms with Crippen molar-refractivity contribution in [3.63, 3.8) is 0 Å². The van der Waals surface area contributed by atoms with Crippen LogP contribution in [0.5, 0.6) is 0 Å². The number of carbonyl (C=O) groups excluding carboxylic acids is 1. The van der Waals surface area contributed by atoms with Gasteiger partial charge in [-0.05, 0) is 18.6 Å². The van der Waals surface area contributed by atoms with Gasteiger partial charge >= 0.3 is 6.03 Å². The third-order valence-corrected chi connectivity index (χ3v) is 3.87. The predicted molar refractivity (Wildman–Crippen MR) is 78.7 cm³/mol. The number of likely N-dealkylation sites (tertiary alicyclic amines) is 1. The Morgan fingerprint density at radius 1 is 1.42 bits per heavy atom. The summed E-state index contributed by atoms with van der Waals surface area (Å²) in [7, 11) is 0. The van der Waals surface area contributed by atoms with E-state index in [-0.39, 0.29) is 36.8 Å². The van der Waals surface area contributed by atoms with Gasteiger partial charge in [-0.2, -0.15) is 4.98 Å². The molecular weight excluding hydrogens is 322 g/mol. The van der Waals surface area contributed by atoms with Gasteiger partial charge in [0, 0.05) is 25.6 Å². The maximum atomic E-state index is 13.7. The van der Waals surface area contributed by atoms with Crippen LogP contribution >= 0.6 is 0 Å². The highest BCUT2D eigenvalue weighted by atomic mass is 19.1. The molecule has 7 nitrogen and oxygen atoms in total. The van der Waals surface area contributed by atoms with Gasteiger partial charge in [0.1, 0.15) is 17.2 Å². The Bertz CT molecular complexity index is 717. The fraction of sp³-hybridized carbons (Fsp3) is 0.400. The lowest BCUT2D eigenvalue weighted by Crippen LogP contribution is -2.38. The first kappa shape index (κ1) is 16.3. The van der Waals surface area contributed by atoms with Crippen LogP contribution in [0.1, 0.15) is 12.2 Å². The summed E-state index contributed by atoms with van der Waals surface area (Å²) in [6.45, 7) is 1.07. The van der Waals surface area contributed by atoms with Gasteiger partial charge in [-0.25, -0.2) is 13.6 Å². The lowest BCUT2D eigenvalue weighted by Gasteiger charge is -2.16. The van der Waals surface area contributed by atoms with E-state index in [1.807, 2.05) is 0 Å². The number of nitrogens with one attached hydrogen (secondary N) is 1. The number of aliphatic hydroxyl groups is 1. The van der Waals surface area contributed by atoms with Crippen molar-refractivity contribution in [3.05, 3.63) is 35.7 Å². The zero-order valence-electron chi connectivity index (χ0n) is 12.7. The summed E-state index contributed by atoms with van der Waals surface area (Å²) in [4.78, 5) is 17.5. The van der Waals surface area contributed by atoms with E-state index in [2.05, 4.69) is 15.5 Å². The van der Waals surface area contributed by atoms with E-state index >= 15 is 0 Å². The number of benzene rings is 1. The molecule has 3 rings (SSSR count). The normalized spacial score (nSPS) is 17.3. The molecule has 1 aromatic heterocycles. The van der Waals surface area contributed by atoms with E-state index in [1.165, 1.54) is 6.07 Å². The molecule has 0 unspecified atom stereocenters. The highest BCUT2D eigenvalue weighted by molar-refractivity contribution is 5.74. The van der Waals surface area contributed by atoms with E-state index in [0.29, 0.717) is 13.1 Å². The number of amides is 2. The molecule has 0 aliphatic carbocycles. The molecule has 0 spiro atoms. The van der Waals surface area contributed by atoms with Gasteiger partial charge in [-0.3, -0.25) is 0 Å². The summed E-state index contributed by atoms with van der Waals surface area (Å²) >= 11 is 0. The van der Waals surface area contributed by atoms with Crippen molar-refractivity contribution in [3.8, 4) is 11.5 Å². The number of urea groups is 1. The topological polar surface area (TPSA) is 91.5 Å². The molecule has 1 aliphatic rings. The number of halogens is 2. The Labute approximate surface area is 136 Å². The molecule has 1 saturated heterocycles. The van der Waals surface area contributed by atoms with Gasteiger partial charge in [0.15, 0.2) is 5.82 Å². The van der Waals surface area contributed by atoms with Crippen LogP contribution in [0.15, 0.2) is 22.7 Å². The molecule has 24 heavy (non-hydrogen) atoms. The minimum Gasteiger partial charge on any atom is -0.396 e. The van der Waals surface area contributed by atoms with E-state index in [1.54, 1.807) is 4.90 Å². The summed E-state index contributed by atoms with van der Waals surface area (Å²) in [6, 6.07) is 3.11. The summed E-state index contributed by atoms with van der Waals surface area (Å²) < 4.78 is 32.2. The van der Waals surface area contributed by atoms with Crippen LogP contribution in [0.4, 0.5) is 13.6 Å². The number of hydrogen-bond donors (Lipinski definition) is 2. The molecule has 9 heteroatoms. The fourth-order valence-electron chi connectivity index (χ4n) is 2.56. The molecular formula is C15H16F2N4O3. The average molecular weight is 338 g/mol. The smallest absolute Gasteiger partial charge is 0.317 e. The molecule has 128 valence electrons. The van der Waals surface area contributed by atoms with Crippen LogP contribution in [-0.4, -0.2) is 45.9 Å². The number of aliphatic hydroxyl groups excluding tert-OH is 1. The zero-order valence-corrected chi connectivity index (χ0v) is 12.7. The number of hydrogen-bond acceptors (Lipinski definition) is 5. The van der Waals surface area contributed by atoms with E-state index < -0.39 is 17.2 Å². The van der Waals surface area contributed by atoms with Gasteiger partial charge in [-0.15, -0.1) is 0 Å². The second-order valence-corrected chi connectivity index (χ2v) is 5.55. The second kappa shape index (κ2) is 6.91. The molecule has 1 fully saturated rings. The maximum absolute atomic E-state index is 13.7. The van der Waals surface area contributed by atoms with Crippen molar-refractivity contribution in [2.75, 3.05) is 19.7 Å². The Morgan fingerprint density at radius 2 is 2.17 bits per heavy atom. The van der Waals surface area contributed by atoms with Crippen molar-refractivity contribution < 1.29 is 23.2 Å². The van der Waals surface area contributed by atoms with E-state index in [9.17, 15) is 13.6 Å². The van der Waals surface area contributed by atoms with Gasteiger partial charge in [0.2, 0.25) is 0 Å². The minimum atomic E-state index is -0.804. The zero-order chi connectivity index (χ0) is 17.1. The predicted octanol–water partition coefficient (Wildman–Crippen LogP) is 1.54. The lowest BCUT2D eigenvalue weighted by atomic mass is 10.1. The van der Waals surface area contributed by atoms with Gasteiger partial charge in [0.25, 0.3) is 5.89 Å². The first-order valence-corrected chi connectivity index (χ1v) is 7.49. The third kappa shape index (κ3) is 3.35. The molecule has 2 N–H and O–H groups in total. The summed E-state index contributed by atoms with van der Waals surface area (Å²) in [5, 5.41) is 15.3. The molecule has 2 amide bonds. The average Bonchev–Trinajstić information content (AvgIpc) is 3.22. The Balaban J connectivity index is 1.62. The Kier molecular flexibility index (Phi) is 4.70. The molecule has 1 aliphatic heterocycles. The largest absolute Gasteiger partial charge is 0.396 e. The monoisotopic (exact) mass is 338 g/mol. The van der Waals surface area contributed by atoms with Crippen molar-refractivity contribution >= 4 is 6.03 Å². The molecule has 2 heterocycles.